The van der Waals surface area contributed by atoms with Crippen LogP contribution in [0, 0.1) is 0 Å². The molecule has 2 rings (SSSR count). The molecule has 0 unspecified atom stereocenters. The number of carboxylic acids is 1. The number of thiazole rings is 1. The summed E-state index contributed by atoms with van der Waals surface area (Å²) in [6.45, 7) is 0. The minimum absolute atomic E-state index is 0.0935. The molecule has 19 heavy (non-hydrogen) atoms. The maximum absolute atomic E-state index is 11.8. The van der Waals surface area contributed by atoms with Gasteiger partial charge in [0, 0.05) is 10.4 Å². The zero-order chi connectivity index (χ0) is 14.0. The molecular weight excluding hydrogens is 290 g/mol. The Kier molecular flexibility index (Phi) is 3.68. The number of hydrogen-bond donors (Lipinski definition) is 3. The number of hydrogen-bond acceptors (Lipinski definition) is 5. The van der Waals surface area contributed by atoms with E-state index < -0.39 is 11.9 Å². The van der Waals surface area contributed by atoms with Crippen LogP contribution in [-0.2, 0) is 0 Å². The molecule has 2 aromatic rings. The van der Waals surface area contributed by atoms with Crippen molar-refractivity contribution >= 4 is 45.6 Å². The molecule has 0 atom stereocenters. The molecule has 0 spiro atoms. The lowest BCUT2D eigenvalue weighted by Crippen LogP contribution is -2.15. The highest BCUT2D eigenvalue weighted by Gasteiger charge is 2.15. The van der Waals surface area contributed by atoms with Gasteiger partial charge in [-0.3, -0.25) is 4.79 Å². The van der Waals surface area contributed by atoms with E-state index in [1.54, 1.807) is 0 Å². The molecule has 8 heteroatoms. The first kappa shape index (κ1) is 13.3. The van der Waals surface area contributed by atoms with Crippen LogP contribution in [-0.4, -0.2) is 22.0 Å². The van der Waals surface area contributed by atoms with E-state index in [1.807, 2.05) is 0 Å². The van der Waals surface area contributed by atoms with Gasteiger partial charge < -0.3 is 16.2 Å². The van der Waals surface area contributed by atoms with Crippen LogP contribution in [0.3, 0.4) is 0 Å². The maximum atomic E-state index is 11.8. The van der Waals surface area contributed by atoms with E-state index in [9.17, 15) is 9.59 Å². The highest BCUT2D eigenvalue weighted by atomic mass is 35.5. The third-order valence-electron chi connectivity index (χ3n) is 2.21. The molecule has 1 aromatic heterocycles. The fourth-order valence-electron chi connectivity index (χ4n) is 1.38. The third kappa shape index (κ3) is 3.01. The molecule has 0 bridgehead atoms. The van der Waals surface area contributed by atoms with Gasteiger partial charge in [0.05, 0.1) is 11.3 Å². The highest BCUT2D eigenvalue weighted by Crippen LogP contribution is 2.22. The van der Waals surface area contributed by atoms with Crippen LogP contribution in [0.2, 0.25) is 5.02 Å². The Morgan fingerprint density at radius 3 is 2.74 bits per heavy atom. The van der Waals surface area contributed by atoms with Crippen LogP contribution < -0.4 is 11.1 Å². The standard InChI is InChI=1S/C11H8ClN3O3S/c12-5-1-2-7(6(3-5)10(17)18)14-9(16)8-4-19-11(13)15-8/h1-4H,(H2,13,15)(H,14,16)(H,17,18). The van der Waals surface area contributed by atoms with Crippen molar-refractivity contribution in [2.24, 2.45) is 0 Å². The fourth-order valence-corrected chi connectivity index (χ4v) is 2.10. The second-order valence-electron chi connectivity index (χ2n) is 3.52. The Bertz CT molecular complexity index is 656. The molecule has 0 aliphatic rings. The van der Waals surface area contributed by atoms with Gasteiger partial charge in [0.2, 0.25) is 0 Å². The van der Waals surface area contributed by atoms with E-state index in [-0.39, 0.29) is 27.1 Å². The SMILES string of the molecule is Nc1nc(C(=O)Nc2ccc(Cl)cc2C(=O)O)cs1. The van der Waals surface area contributed by atoms with Gasteiger partial charge >= 0.3 is 5.97 Å². The van der Waals surface area contributed by atoms with Crippen molar-refractivity contribution < 1.29 is 14.7 Å². The molecule has 98 valence electrons. The van der Waals surface area contributed by atoms with Crippen LogP contribution in [0.5, 0.6) is 0 Å². The maximum Gasteiger partial charge on any atom is 0.337 e. The molecule has 0 fully saturated rings. The van der Waals surface area contributed by atoms with Gasteiger partial charge in [-0.25, -0.2) is 9.78 Å². The number of nitrogens with two attached hydrogens (primary N) is 1. The van der Waals surface area contributed by atoms with E-state index in [4.69, 9.17) is 22.4 Å². The quantitative estimate of drug-likeness (QED) is 0.806. The Hall–Kier alpha value is -2.12. The molecule has 4 N–H and O–H groups in total. The van der Waals surface area contributed by atoms with Crippen molar-refractivity contribution in [3.05, 3.63) is 39.9 Å². The van der Waals surface area contributed by atoms with Gasteiger partial charge in [0.25, 0.3) is 5.91 Å². The molecule has 0 radical (unpaired) electrons. The number of halogens is 1. The van der Waals surface area contributed by atoms with Crippen molar-refractivity contribution in [2.75, 3.05) is 11.1 Å². The number of carbonyl (C=O) groups is 2. The van der Waals surface area contributed by atoms with E-state index in [0.717, 1.165) is 11.3 Å². The van der Waals surface area contributed by atoms with Crippen LogP contribution in [0.25, 0.3) is 0 Å². The van der Waals surface area contributed by atoms with Crippen molar-refractivity contribution in [2.45, 2.75) is 0 Å². The number of anilines is 2. The zero-order valence-electron chi connectivity index (χ0n) is 9.38. The summed E-state index contributed by atoms with van der Waals surface area (Å²) < 4.78 is 0. The number of nitrogens with zero attached hydrogens (tertiary/aromatic N) is 1. The van der Waals surface area contributed by atoms with Crippen molar-refractivity contribution in [3.63, 3.8) is 0 Å². The monoisotopic (exact) mass is 297 g/mol. The first-order valence-electron chi connectivity index (χ1n) is 5.02. The number of nitrogens with one attached hydrogen (secondary N) is 1. The summed E-state index contributed by atoms with van der Waals surface area (Å²) in [7, 11) is 0. The van der Waals surface area contributed by atoms with Crippen LogP contribution in [0.1, 0.15) is 20.8 Å². The predicted molar refractivity (Wildman–Crippen MR) is 72.9 cm³/mol. The summed E-state index contributed by atoms with van der Waals surface area (Å²) >= 11 is 6.84. The number of carboxylic acid groups (broad SMARTS) is 1. The Balaban J connectivity index is 2.28. The number of aromatic carboxylic acids is 1. The Morgan fingerprint density at radius 1 is 1.42 bits per heavy atom. The summed E-state index contributed by atoms with van der Waals surface area (Å²) in [6, 6.07) is 4.16. The number of aromatic nitrogens is 1. The van der Waals surface area contributed by atoms with Crippen molar-refractivity contribution in [1.29, 1.82) is 0 Å². The topological polar surface area (TPSA) is 105 Å². The number of rotatable bonds is 3. The first-order valence-corrected chi connectivity index (χ1v) is 6.28. The number of amides is 1. The minimum atomic E-state index is -1.18. The Labute approximate surface area is 116 Å². The second kappa shape index (κ2) is 5.25. The lowest BCUT2D eigenvalue weighted by Gasteiger charge is -2.07. The lowest BCUT2D eigenvalue weighted by molar-refractivity contribution is 0.0698. The molecule has 0 aliphatic carbocycles. The van der Waals surface area contributed by atoms with Gasteiger partial charge in [-0.05, 0) is 18.2 Å². The molecule has 1 amide bonds. The number of nitrogen functional groups attached to an aromatic ring is 1. The predicted octanol–water partition coefficient (Wildman–Crippen LogP) is 2.33. The van der Waals surface area contributed by atoms with Gasteiger partial charge in [-0.2, -0.15) is 0 Å². The summed E-state index contributed by atoms with van der Waals surface area (Å²) in [6.07, 6.45) is 0. The van der Waals surface area contributed by atoms with E-state index in [1.165, 1.54) is 23.6 Å². The van der Waals surface area contributed by atoms with Crippen LogP contribution >= 0.6 is 22.9 Å². The molecular formula is C11H8ClN3O3S. The van der Waals surface area contributed by atoms with Gasteiger partial charge in [-0.1, -0.05) is 11.6 Å². The fraction of sp³-hybridized carbons (Fsp3) is 0. The molecule has 0 saturated carbocycles. The van der Waals surface area contributed by atoms with E-state index in [2.05, 4.69) is 10.3 Å². The van der Waals surface area contributed by atoms with Crippen molar-refractivity contribution in [3.8, 4) is 0 Å². The normalized spacial score (nSPS) is 10.2. The average Bonchev–Trinajstić information content (AvgIpc) is 2.78. The first-order chi connectivity index (χ1) is 8.97. The molecule has 1 heterocycles. The van der Waals surface area contributed by atoms with Gasteiger partial charge in [-0.15, -0.1) is 11.3 Å². The second-order valence-corrected chi connectivity index (χ2v) is 4.85. The largest absolute Gasteiger partial charge is 0.478 e. The molecule has 0 saturated heterocycles. The van der Waals surface area contributed by atoms with E-state index >= 15 is 0 Å². The van der Waals surface area contributed by atoms with Crippen LogP contribution in [0.4, 0.5) is 10.8 Å². The molecule has 6 nitrogen and oxygen atoms in total. The summed E-state index contributed by atoms with van der Waals surface area (Å²) in [5, 5.41) is 13.5. The average molecular weight is 298 g/mol. The third-order valence-corrected chi connectivity index (χ3v) is 3.12. The molecule has 1 aromatic carbocycles. The summed E-state index contributed by atoms with van der Waals surface area (Å²) in [5.41, 5.74) is 5.61. The Morgan fingerprint density at radius 2 is 2.16 bits per heavy atom. The summed E-state index contributed by atoms with van der Waals surface area (Å²) in [4.78, 5) is 26.7. The lowest BCUT2D eigenvalue weighted by atomic mass is 10.1. The zero-order valence-corrected chi connectivity index (χ0v) is 11.0. The highest BCUT2D eigenvalue weighted by molar-refractivity contribution is 7.13. The minimum Gasteiger partial charge on any atom is -0.478 e. The van der Waals surface area contributed by atoms with E-state index in [0.29, 0.717) is 0 Å². The van der Waals surface area contributed by atoms with Crippen molar-refractivity contribution in [1.82, 2.24) is 4.98 Å². The van der Waals surface area contributed by atoms with Crippen LogP contribution in [0.15, 0.2) is 23.6 Å². The number of benzene rings is 1. The molecule has 0 aliphatic heterocycles. The van der Waals surface area contributed by atoms with Gasteiger partial charge in [0.15, 0.2) is 5.13 Å². The summed E-state index contributed by atoms with van der Waals surface area (Å²) in [5.74, 6) is -1.71. The number of carbonyl (C=O) groups excluding carboxylic acids is 1. The van der Waals surface area contributed by atoms with Gasteiger partial charge in [0.1, 0.15) is 5.69 Å². The smallest absolute Gasteiger partial charge is 0.337 e.